The van der Waals surface area contributed by atoms with E-state index in [0.29, 0.717) is 19.4 Å². The maximum atomic E-state index is 11.4. The quantitative estimate of drug-likeness (QED) is 0.725. The third-order valence-electron chi connectivity index (χ3n) is 2.69. The molecule has 1 aromatic rings. The minimum Gasteiger partial charge on any atom is -0.396 e. The topological polar surface area (TPSA) is 49.3 Å². The van der Waals surface area contributed by atoms with Crippen LogP contribution in [0.2, 0.25) is 0 Å². The summed E-state index contributed by atoms with van der Waals surface area (Å²) in [5.41, 5.74) is 1.30. The average molecular weight is 314 g/mol. The number of hydrogen-bond acceptors (Lipinski definition) is 2. The lowest BCUT2D eigenvalue weighted by Crippen LogP contribution is -2.24. The van der Waals surface area contributed by atoms with Crippen LogP contribution in [-0.4, -0.2) is 24.2 Å². The number of hydrogen-bond donors (Lipinski definition) is 2. The first-order chi connectivity index (χ1) is 8.72. The Labute approximate surface area is 117 Å². The second-order valence-corrected chi connectivity index (χ2v) is 5.18. The van der Waals surface area contributed by atoms with E-state index in [1.54, 1.807) is 0 Å². The van der Waals surface area contributed by atoms with E-state index in [2.05, 4.69) is 33.4 Å². The Bertz CT molecular complexity index is 351. The molecule has 0 saturated heterocycles. The number of aliphatic hydroxyl groups is 1. The highest BCUT2D eigenvalue weighted by atomic mass is 79.9. The molecule has 100 valence electrons. The molecule has 0 unspecified atom stereocenters. The number of halogens is 1. The van der Waals surface area contributed by atoms with Crippen molar-refractivity contribution in [1.82, 2.24) is 5.32 Å². The summed E-state index contributed by atoms with van der Waals surface area (Å²) in [6, 6.07) is 8.28. The molecule has 0 saturated carbocycles. The van der Waals surface area contributed by atoms with Crippen LogP contribution in [0.5, 0.6) is 0 Å². The van der Waals surface area contributed by atoms with Crippen molar-refractivity contribution in [3.8, 4) is 0 Å². The van der Waals surface area contributed by atoms with E-state index in [-0.39, 0.29) is 12.5 Å². The Hall–Kier alpha value is -0.870. The lowest BCUT2D eigenvalue weighted by molar-refractivity contribution is -0.121. The number of benzene rings is 1. The zero-order valence-electron chi connectivity index (χ0n) is 10.5. The molecule has 0 spiro atoms. The summed E-state index contributed by atoms with van der Waals surface area (Å²) in [5, 5.41) is 11.4. The first-order valence-corrected chi connectivity index (χ1v) is 7.13. The van der Waals surface area contributed by atoms with Gasteiger partial charge in [-0.1, -0.05) is 28.1 Å². The van der Waals surface area contributed by atoms with Gasteiger partial charge in [0, 0.05) is 24.0 Å². The summed E-state index contributed by atoms with van der Waals surface area (Å²) in [6.07, 6.45) is 4.14. The van der Waals surface area contributed by atoms with Crippen LogP contribution in [-0.2, 0) is 11.2 Å². The minimum atomic E-state index is 0.0826. The van der Waals surface area contributed by atoms with Crippen molar-refractivity contribution in [2.75, 3.05) is 13.2 Å². The SMILES string of the molecule is O=C(CCCCc1ccc(Br)cc1)NCCCO. The number of unbranched alkanes of at least 4 members (excludes halogenated alkanes) is 1. The van der Waals surface area contributed by atoms with Gasteiger partial charge >= 0.3 is 0 Å². The molecule has 4 heteroatoms. The lowest BCUT2D eigenvalue weighted by atomic mass is 10.1. The Kier molecular flexibility index (Phi) is 7.69. The molecule has 2 N–H and O–H groups in total. The van der Waals surface area contributed by atoms with Gasteiger partial charge in [-0.25, -0.2) is 0 Å². The van der Waals surface area contributed by atoms with E-state index >= 15 is 0 Å². The maximum Gasteiger partial charge on any atom is 0.219 e. The van der Waals surface area contributed by atoms with Crippen molar-refractivity contribution in [2.24, 2.45) is 0 Å². The molecule has 0 aromatic heterocycles. The molecule has 3 nitrogen and oxygen atoms in total. The highest BCUT2D eigenvalue weighted by Gasteiger charge is 2.00. The third-order valence-corrected chi connectivity index (χ3v) is 3.22. The van der Waals surface area contributed by atoms with Gasteiger partial charge in [-0.15, -0.1) is 0 Å². The number of nitrogens with one attached hydrogen (secondary N) is 1. The van der Waals surface area contributed by atoms with Gasteiger partial charge in [-0.2, -0.15) is 0 Å². The van der Waals surface area contributed by atoms with E-state index in [1.165, 1.54) is 5.56 Å². The van der Waals surface area contributed by atoms with Crippen LogP contribution in [0.1, 0.15) is 31.2 Å². The van der Waals surface area contributed by atoms with Crippen molar-refractivity contribution >= 4 is 21.8 Å². The molecule has 0 aliphatic rings. The summed E-state index contributed by atoms with van der Waals surface area (Å²) in [7, 11) is 0. The number of aliphatic hydroxyl groups excluding tert-OH is 1. The van der Waals surface area contributed by atoms with Gasteiger partial charge in [-0.3, -0.25) is 4.79 Å². The van der Waals surface area contributed by atoms with Gasteiger partial charge in [0.25, 0.3) is 0 Å². The predicted molar refractivity (Wildman–Crippen MR) is 76.4 cm³/mol. The van der Waals surface area contributed by atoms with E-state index in [4.69, 9.17) is 5.11 Å². The molecule has 1 amide bonds. The monoisotopic (exact) mass is 313 g/mol. The molecule has 0 aliphatic carbocycles. The van der Waals surface area contributed by atoms with Crippen LogP contribution in [0.3, 0.4) is 0 Å². The number of carbonyl (C=O) groups excluding carboxylic acids is 1. The maximum absolute atomic E-state index is 11.4. The molecular weight excluding hydrogens is 294 g/mol. The minimum absolute atomic E-state index is 0.0826. The van der Waals surface area contributed by atoms with Crippen molar-refractivity contribution in [2.45, 2.75) is 32.1 Å². The van der Waals surface area contributed by atoms with Crippen LogP contribution < -0.4 is 5.32 Å². The van der Waals surface area contributed by atoms with Gasteiger partial charge in [0.2, 0.25) is 5.91 Å². The van der Waals surface area contributed by atoms with Crippen molar-refractivity contribution in [1.29, 1.82) is 0 Å². The molecule has 0 atom stereocenters. The number of amides is 1. The van der Waals surface area contributed by atoms with Gasteiger partial charge in [0.15, 0.2) is 0 Å². The second-order valence-electron chi connectivity index (χ2n) is 4.26. The Balaban J connectivity index is 2.07. The summed E-state index contributed by atoms with van der Waals surface area (Å²) in [6.45, 7) is 0.700. The fourth-order valence-electron chi connectivity index (χ4n) is 1.66. The van der Waals surface area contributed by atoms with Crippen molar-refractivity contribution in [3.63, 3.8) is 0 Å². The Morgan fingerprint density at radius 2 is 1.89 bits per heavy atom. The summed E-state index contributed by atoms with van der Waals surface area (Å²) < 4.78 is 1.09. The Morgan fingerprint density at radius 1 is 1.17 bits per heavy atom. The van der Waals surface area contributed by atoms with Gasteiger partial charge in [0.05, 0.1) is 0 Å². The van der Waals surface area contributed by atoms with E-state index in [9.17, 15) is 4.79 Å². The molecule has 1 aromatic carbocycles. The largest absolute Gasteiger partial charge is 0.396 e. The van der Waals surface area contributed by atoms with Crippen LogP contribution >= 0.6 is 15.9 Å². The molecule has 0 heterocycles. The molecule has 0 radical (unpaired) electrons. The third kappa shape index (κ3) is 6.77. The molecule has 1 rings (SSSR count). The van der Waals surface area contributed by atoms with E-state index < -0.39 is 0 Å². The highest BCUT2D eigenvalue weighted by Crippen LogP contribution is 2.12. The fourth-order valence-corrected chi connectivity index (χ4v) is 1.93. The first kappa shape index (κ1) is 15.2. The van der Waals surface area contributed by atoms with Crippen LogP contribution in [0.25, 0.3) is 0 Å². The molecule has 18 heavy (non-hydrogen) atoms. The van der Waals surface area contributed by atoms with Crippen molar-refractivity contribution in [3.05, 3.63) is 34.3 Å². The number of rotatable bonds is 8. The number of carbonyl (C=O) groups is 1. The summed E-state index contributed by atoms with van der Waals surface area (Å²) in [5.74, 6) is 0.0826. The average Bonchev–Trinajstić information content (AvgIpc) is 2.37. The first-order valence-electron chi connectivity index (χ1n) is 6.34. The molecule has 0 aliphatic heterocycles. The summed E-state index contributed by atoms with van der Waals surface area (Å²) in [4.78, 5) is 11.4. The smallest absolute Gasteiger partial charge is 0.219 e. The standard InChI is InChI=1S/C14H20BrNO2/c15-13-8-6-12(7-9-13)4-1-2-5-14(18)16-10-3-11-17/h6-9,17H,1-5,10-11H2,(H,16,18). The zero-order chi connectivity index (χ0) is 13.2. The molecular formula is C14H20BrNO2. The van der Waals surface area contributed by atoms with Gasteiger partial charge in [-0.05, 0) is 43.4 Å². The van der Waals surface area contributed by atoms with Crippen molar-refractivity contribution < 1.29 is 9.90 Å². The molecule has 0 bridgehead atoms. The number of aryl methyl sites for hydroxylation is 1. The molecule has 0 fully saturated rings. The zero-order valence-corrected chi connectivity index (χ0v) is 12.1. The fraction of sp³-hybridized carbons (Fsp3) is 0.500. The Morgan fingerprint density at radius 3 is 2.56 bits per heavy atom. The van der Waals surface area contributed by atoms with E-state index in [0.717, 1.165) is 23.7 Å². The summed E-state index contributed by atoms with van der Waals surface area (Å²) >= 11 is 3.41. The normalized spacial score (nSPS) is 10.3. The predicted octanol–water partition coefficient (Wildman–Crippen LogP) is 2.66. The van der Waals surface area contributed by atoms with Crippen LogP contribution in [0.15, 0.2) is 28.7 Å². The highest BCUT2D eigenvalue weighted by molar-refractivity contribution is 9.10. The van der Waals surface area contributed by atoms with Crippen LogP contribution in [0.4, 0.5) is 0 Å². The van der Waals surface area contributed by atoms with E-state index in [1.807, 2.05) is 12.1 Å². The van der Waals surface area contributed by atoms with Crippen LogP contribution in [0, 0.1) is 0 Å². The lowest BCUT2D eigenvalue weighted by Gasteiger charge is -2.04. The van der Waals surface area contributed by atoms with Gasteiger partial charge < -0.3 is 10.4 Å². The van der Waals surface area contributed by atoms with Gasteiger partial charge in [0.1, 0.15) is 0 Å². The second kappa shape index (κ2) is 9.11.